The van der Waals surface area contributed by atoms with E-state index in [-0.39, 0.29) is 29.9 Å². The molecule has 1 atom stereocenters. The number of fused-ring (bicyclic) bond motifs is 1. The van der Waals surface area contributed by atoms with E-state index in [4.69, 9.17) is 9.47 Å². The van der Waals surface area contributed by atoms with Gasteiger partial charge in [-0.15, -0.1) is 0 Å². The van der Waals surface area contributed by atoms with Crippen molar-refractivity contribution in [1.29, 1.82) is 0 Å². The number of nitrogens with zero attached hydrogens (tertiary/aromatic N) is 2. The lowest BCUT2D eigenvalue weighted by Crippen LogP contribution is -2.36. The molecule has 2 aliphatic rings. The lowest BCUT2D eigenvalue weighted by molar-refractivity contribution is -0.385. The zero-order chi connectivity index (χ0) is 15.5. The van der Waals surface area contributed by atoms with Crippen LogP contribution >= 0.6 is 0 Å². The summed E-state index contributed by atoms with van der Waals surface area (Å²) in [6, 6.07) is 3.11. The zero-order valence-electron chi connectivity index (χ0n) is 12.4. The maximum atomic E-state index is 11.1. The molecular weight excluding hydrogens is 288 g/mol. The monoisotopic (exact) mass is 308 g/mol. The third-order valence-corrected chi connectivity index (χ3v) is 4.24. The number of ether oxygens (including phenoxy) is 2. The van der Waals surface area contributed by atoms with Gasteiger partial charge in [-0.2, -0.15) is 0 Å². The van der Waals surface area contributed by atoms with Gasteiger partial charge in [-0.05, 0) is 25.3 Å². The van der Waals surface area contributed by atoms with Crippen LogP contribution in [-0.2, 0) is 17.9 Å². The fraction of sp³-hybridized carbons (Fsp3) is 0.600. The average Bonchev–Trinajstić information content (AvgIpc) is 2.55. The number of nitro benzene ring substituents is 1. The van der Waals surface area contributed by atoms with Crippen LogP contribution in [0.3, 0.4) is 0 Å². The molecule has 120 valence electrons. The Kier molecular flexibility index (Phi) is 4.56. The Labute approximate surface area is 128 Å². The Balaban J connectivity index is 1.85. The highest BCUT2D eigenvalue weighted by atomic mass is 16.7. The predicted octanol–water partition coefficient (Wildman–Crippen LogP) is 1.67. The molecule has 1 saturated heterocycles. The first kappa shape index (κ1) is 15.2. The lowest BCUT2D eigenvalue weighted by atomic mass is 9.98. The van der Waals surface area contributed by atoms with Crippen LogP contribution in [0.25, 0.3) is 0 Å². The van der Waals surface area contributed by atoms with Crippen LogP contribution in [0.2, 0.25) is 0 Å². The molecule has 0 aliphatic carbocycles. The zero-order valence-corrected chi connectivity index (χ0v) is 12.4. The minimum Gasteiger partial charge on any atom is -0.467 e. The molecule has 0 bridgehead atoms. The molecule has 2 heterocycles. The van der Waals surface area contributed by atoms with Crippen molar-refractivity contribution < 1.29 is 19.5 Å². The van der Waals surface area contributed by atoms with E-state index in [1.807, 2.05) is 0 Å². The summed E-state index contributed by atoms with van der Waals surface area (Å²) < 4.78 is 10.8. The number of benzene rings is 1. The molecule has 0 unspecified atom stereocenters. The van der Waals surface area contributed by atoms with Gasteiger partial charge in [0.1, 0.15) is 5.75 Å². The van der Waals surface area contributed by atoms with Crippen LogP contribution in [0.15, 0.2) is 12.1 Å². The van der Waals surface area contributed by atoms with Gasteiger partial charge in [0.05, 0.1) is 11.5 Å². The highest BCUT2D eigenvalue weighted by Gasteiger charge is 2.24. The Morgan fingerprint density at radius 3 is 3.09 bits per heavy atom. The van der Waals surface area contributed by atoms with Crippen molar-refractivity contribution in [3.63, 3.8) is 0 Å². The van der Waals surface area contributed by atoms with E-state index in [0.717, 1.165) is 37.1 Å². The van der Waals surface area contributed by atoms with Crippen molar-refractivity contribution in [1.82, 2.24) is 4.90 Å². The second-order valence-electron chi connectivity index (χ2n) is 5.89. The van der Waals surface area contributed by atoms with Gasteiger partial charge in [0.25, 0.3) is 5.69 Å². The molecule has 3 rings (SSSR count). The molecule has 7 nitrogen and oxygen atoms in total. The maximum absolute atomic E-state index is 11.1. The predicted molar refractivity (Wildman–Crippen MR) is 78.5 cm³/mol. The number of hydrogen-bond acceptors (Lipinski definition) is 6. The topological polar surface area (TPSA) is 85.1 Å². The van der Waals surface area contributed by atoms with Crippen molar-refractivity contribution in [2.75, 3.05) is 26.5 Å². The number of piperidine rings is 1. The highest BCUT2D eigenvalue weighted by molar-refractivity contribution is 5.50. The first-order valence-corrected chi connectivity index (χ1v) is 7.51. The van der Waals surface area contributed by atoms with Crippen LogP contribution in [0.5, 0.6) is 5.75 Å². The largest absolute Gasteiger partial charge is 0.467 e. The summed E-state index contributed by atoms with van der Waals surface area (Å²) in [6.07, 6.45) is 2.07. The molecular formula is C15H20N2O5. The van der Waals surface area contributed by atoms with Gasteiger partial charge < -0.3 is 14.6 Å². The number of rotatable bonds is 4. The normalized spacial score (nSPS) is 22.0. The number of aliphatic hydroxyl groups is 1. The molecule has 1 aromatic rings. The quantitative estimate of drug-likeness (QED) is 0.672. The van der Waals surface area contributed by atoms with Crippen molar-refractivity contribution in [2.24, 2.45) is 5.92 Å². The van der Waals surface area contributed by atoms with Gasteiger partial charge in [0, 0.05) is 43.0 Å². The summed E-state index contributed by atoms with van der Waals surface area (Å²) in [4.78, 5) is 12.9. The van der Waals surface area contributed by atoms with Crippen LogP contribution < -0.4 is 4.74 Å². The Hall–Kier alpha value is -1.70. The van der Waals surface area contributed by atoms with Gasteiger partial charge in [-0.3, -0.25) is 15.0 Å². The summed E-state index contributed by atoms with van der Waals surface area (Å²) in [7, 11) is 0. The number of aliphatic hydroxyl groups excluding tert-OH is 1. The average molecular weight is 308 g/mol. The molecule has 1 fully saturated rings. The second-order valence-corrected chi connectivity index (χ2v) is 5.89. The van der Waals surface area contributed by atoms with E-state index in [1.54, 1.807) is 6.07 Å². The molecule has 0 radical (unpaired) electrons. The van der Waals surface area contributed by atoms with Gasteiger partial charge in [0.2, 0.25) is 0 Å². The SMILES string of the molecule is O=[N+]([O-])c1cc2c(c(CN3CCC[C@@H](CO)C3)c1)OCOC2. The molecule has 7 heteroatoms. The first-order chi connectivity index (χ1) is 10.7. The van der Waals surface area contributed by atoms with Crippen LogP contribution in [0.1, 0.15) is 24.0 Å². The molecule has 22 heavy (non-hydrogen) atoms. The number of non-ortho nitro benzene ring substituents is 1. The second kappa shape index (κ2) is 6.60. The fourth-order valence-electron chi connectivity index (χ4n) is 3.19. The Bertz CT molecular complexity index is 563. The van der Waals surface area contributed by atoms with Crippen molar-refractivity contribution in [2.45, 2.75) is 26.0 Å². The van der Waals surface area contributed by atoms with E-state index < -0.39 is 0 Å². The summed E-state index contributed by atoms with van der Waals surface area (Å²) in [5, 5.41) is 20.4. The lowest BCUT2D eigenvalue weighted by Gasteiger charge is -2.32. The fourth-order valence-corrected chi connectivity index (χ4v) is 3.19. The van der Waals surface area contributed by atoms with Gasteiger partial charge in [-0.25, -0.2) is 0 Å². The van der Waals surface area contributed by atoms with E-state index in [2.05, 4.69) is 4.90 Å². The molecule has 0 aromatic heterocycles. The molecule has 1 N–H and O–H groups in total. The van der Waals surface area contributed by atoms with Crippen molar-refractivity contribution >= 4 is 5.69 Å². The molecule has 0 saturated carbocycles. The third-order valence-electron chi connectivity index (χ3n) is 4.24. The number of nitro groups is 1. The van der Waals surface area contributed by atoms with E-state index in [9.17, 15) is 15.2 Å². The summed E-state index contributed by atoms with van der Waals surface area (Å²) >= 11 is 0. The van der Waals surface area contributed by atoms with E-state index in [1.165, 1.54) is 6.07 Å². The summed E-state index contributed by atoms with van der Waals surface area (Å²) in [5.74, 6) is 0.996. The standard InChI is InChI=1S/C15H20N2O5/c18-8-11-2-1-3-16(6-11)7-12-4-14(17(19)20)5-13-9-21-10-22-15(12)13/h4-5,11,18H,1-3,6-10H2/t11-/m1/s1. The van der Waals surface area contributed by atoms with Crippen molar-refractivity contribution in [3.05, 3.63) is 33.4 Å². The van der Waals surface area contributed by atoms with E-state index >= 15 is 0 Å². The Morgan fingerprint density at radius 1 is 1.45 bits per heavy atom. The molecule has 1 aromatic carbocycles. The van der Waals surface area contributed by atoms with Gasteiger partial charge in [-0.1, -0.05) is 0 Å². The third kappa shape index (κ3) is 3.21. The Morgan fingerprint density at radius 2 is 2.32 bits per heavy atom. The van der Waals surface area contributed by atoms with Crippen LogP contribution in [-0.4, -0.2) is 41.4 Å². The minimum absolute atomic E-state index is 0.0681. The maximum Gasteiger partial charge on any atom is 0.270 e. The van der Waals surface area contributed by atoms with Crippen molar-refractivity contribution in [3.8, 4) is 5.75 Å². The summed E-state index contributed by atoms with van der Waals surface area (Å²) in [6.45, 7) is 3.05. The smallest absolute Gasteiger partial charge is 0.270 e. The number of hydrogen-bond donors (Lipinski definition) is 1. The van der Waals surface area contributed by atoms with E-state index in [0.29, 0.717) is 18.9 Å². The first-order valence-electron chi connectivity index (χ1n) is 7.51. The van der Waals surface area contributed by atoms with Gasteiger partial charge in [0.15, 0.2) is 6.79 Å². The number of likely N-dealkylation sites (tertiary alicyclic amines) is 1. The minimum atomic E-state index is -0.384. The van der Waals surface area contributed by atoms with Gasteiger partial charge >= 0.3 is 0 Å². The molecule has 0 amide bonds. The summed E-state index contributed by atoms with van der Waals surface area (Å²) in [5.41, 5.74) is 1.62. The molecule has 2 aliphatic heterocycles. The highest BCUT2D eigenvalue weighted by Crippen LogP contribution is 2.34. The molecule has 0 spiro atoms. The van der Waals surface area contributed by atoms with Crippen LogP contribution in [0, 0.1) is 16.0 Å². The van der Waals surface area contributed by atoms with Crippen LogP contribution in [0.4, 0.5) is 5.69 Å².